The van der Waals surface area contributed by atoms with Crippen molar-refractivity contribution in [2.45, 2.75) is 6.92 Å². The van der Waals surface area contributed by atoms with Crippen LogP contribution in [0.3, 0.4) is 0 Å². The predicted octanol–water partition coefficient (Wildman–Crippen LogP) is 3.88. The minimum atomic E-state index is -0.491. The van der Waals surface area contributed by atoms with Gasteiger partial charge in [-0.05, 0) is 36.8 Å². The van der Waals surface area contributed by atoms with Crippen LogP contribution in [0.5, 0.6) is 5.75 Å². The lowest BCUT2D eigenvalue weighted by molar-refractivity contribution is -0.128. The minimum Gasteiger partial charge on any atom is -0.465 e. The topological polar surface area (TPSA) is 68.4 Å². The molecule has 3 aromatic rings. The second-order valence-corrected chi connectivity index (χ2v) is 5.49. The number of ether oxygens (including phenoxy) is 2. The number of carbonyl (C=O) groups excluding carboxylic acids is 2. The number of carbonyl (C=O) groups is 2. The maximum atomic E-state index is 12.0. The van der Waals surface area contributed by atoms with Gasteiger partial charge in [0, 0.05) is 22.7 Å². The second-order valence-electron chi connectivity index (χ2n) is 5.49. The van der Waals surface area contributed by atoms with Gasteiger partial charge in [-0.2, -0.15) is 0 Å². The van der Waals surface area contributed by atoms with Crippen LogP contribution in [-0.4, -0.2) is 24.0 Å². The fourth-order valence-corrected chi connectivity index (χ4v) is 2.61. The van der Waals surface area contributed by atoms with Crippen molar-refractivity contribution in [3.05, 3.63) is 71.4 Å². The summed E-state index contributed by atoms with van der Waals surface area (Å²) < 4.78 is 10.1. The Kier molecular flexibility index (Phi) is 4.66. The van der Waals surface area contributed by atoms with Crippen molar-refractivity contribution in [2.75, 3.05) is 7.11 Å². The summed E-state index contributed by atoms with van der Waals surface area (Å²) in [6.45, 7) is 1.79. The van der Waals surface area contributed by atoms with Crippen LogP contribution in [0.15, 0.2) is 54.6 Å². The van der Waals surface area contributed by atoms with Gasteiger partial charge in [-0.15, -0.1) is 0 Å². The molecule has 3 rings (SSSR count). The maximum absolute atomic E-state index is 12.0. The summed E-state index contributed by atoms with van der Waals surface area (Å²) in [6, 6.07) is 14.6. The Morgan fingerprint density at radius 2 is 1.84 bits per heavy atom. The first-order valence-corrected chi connectivity index (χ1v) is 7.74. The highest BCUT2D eigenvalue weighted by Gasteiger charge is 2.17. The number of aromatic amines is 1. The Bertz CT molecular complexity index is 954. The molecule has 25 heavy (non-hydrogen) atoms. The third-order valence-electron chi connectivity index (χ3n) is 3.78. The standard InChI is InChI=1S/C20H17NO4/c1-13-19(20(23)24-2)16-12-15(9-10-17(16)21-13)25-18(22)11-8-14-6-4-3-5-7-14/h3-12,21H,1-2H3. The van der Waals surface area contributed by atoms with Gasteiger partial charge in [0.05, 0.1) is 12.7 Å². The fourth-order valence-electron chi connectivity index (χ4n) is 2.61. The summed E-state index contributed by atoms with van der Waals surface area (Å²) in [5, 5.41) is 0.654. The van der Waals surface area contributed by atoms with Gasteiger partial charge in [-0.25, -0.2) is 9.59 Å². The predicted molar refractivity (Wildman–Crippen MR) is 95.5 cm³/mol. The van der Waals surface area contributed by atoms with Gasteiger partial charge in [-0.3, -0.25) is 0 Å². The number of rotatable bonds is 4. The molecule has 0 fully saturated rings. The first-order chi connectivity index (χ1) is 12.1. The smallest absolute Gasteiger partial charge is 0.340 e. The van der Waals surface area contributed by atoms with Crippen molar-refractivity contribution in [3.63, 3.8) is 0 Å². The molecule has 5 heteroatoms. The van der Waals surface area contributed by atoms with E-state index in [0.29, 0.717) is 22.4 Å². The average Bonchev–Trinajstić information content (AvgIpc) is 2.95. The molecular weight excluding hydrogens is 318 g/mol. The van der Waals surface area contributed by atoms with E-state index in [1.165, 1.54) is 13.2 Å². The van der Waals surface area contributed by atoms with E-state index in [2.05, 4.69) is 4.98 Å². The van der Waals surface area contributed by atoms with E-state index in [1.807, 2.05) is 30.3 Å². The van der Waals surface area contributed by atoms with Crippen LogP contribution in [-0.2, 0) is 9.53 Å². The SMILES string of the molecule is COC(=O)c1c(C)[nH]c2ccc(OC(=O)C=Cc3ccccc3)cc12. The number of benzene rings is 2. The summed E-state index contributed by atoms with van der Waals surface area (Å²) >= 11 is 0. The molecule has 0 bridgehead atoms. The number of aryl methyl sites for hydroxylation is 1. The summed E-state index contributed by atoms with van der Waals surface area (Å²) in [4.78, 5) is 27.0. The number of esters is 2. The molecule has 0 radical (unpaired) electrons. The average molecular weight is 335 g/mol. The van der Waals surface area contributed by atoms with E-state index in [-0.39, 0.29) is 0 Å². The van der Waals surface area contributed by atoms with Crippen LogP contribution in [0.2, 0.25) is 0 Å². The maximum Gasteiger partial charge on any atom is 0.340 e. The fraction of sp³-hybridized carbons (Fsp3) is 0.100. The van der Waals surface area contributed by atoms with Gasteiger partial charge in [0.25, 0.3) is 0 Å². The van der Waals surface area contributed by atoms with E-state index in [0.717, 1.165) is 11.1 Å². The van der Waals surface area contributed by atoms with E-state index in [9.17, 15) is 9.59 Å². The van der Waals surface area contributed by atoms with Gasteiger partial charge >= 0.3 is 11.9 Å². The number of H-pyrrole nitrogens is 1. The highest BCUT2D eigenvalue weighted by Crippen LogP contribution is 2.27. The van der Waals surface area contributed by atoms with Gasteiger partial charge in [0.2, 0.25) is 0 Å². The molecule has 0 aliphatic heterocycles. The zero-order valence-electron chi connectivity index (χ0n) is 13.9. The first kappa shape index (κ1) is 16.5. The number of hydrogen-bond acceptors (Lipinski definition) is 4. The normalized spacial score (nSPS) is 11.0. The molecule has 1 heterocycles. The van der Waals surface area contributed by atoms with Crippen LogP contribution in [0.25, 0.3) is 17.0 Å². The lowest BCUT2D eigenvalue weighted by Gasteiger charge is -2.03. The Balaban J connectivity index is 1.83. The van der Waals surface area contributed by atoms with Crippen molar-refractivity contribution in [1.82, 2.24) is 4.98 Å². The Labute approximate surface area is 144 Å². The van der Waals surface area contributed by atoms with Gasteiger partial charge < -0.3 is 14.5 Å². The molecule has 0 aliphatic rings. The van der Waals surface area contributed by atoms with Crippen LogP contribution >= 0.6 is 0 Å². The molecule has 0 aliphatic carbocycles. The Hall–Kier alpha value is -3.34. The highest BCUT2D eigenvalue weighted by atomic mass is 16.5. The van der Waals surface area contributed by atoms with E-state index >= 15 is 0 Å². The van der Waals surface area contributed by atoms with Crippen LogP contribution in [0.4, 0.5) is 0 Å². The number of methoxy groups -OCH3 is 1. The van der Waals surface area contributed by atoms with E-state index in [1.54, 1.807) is 31.2 Å². The van der Waals surface area contributed by atoms with Crippen molar-refractivity contribution in [1.29, 1.82) is 0 Å². The second kappa shape index (κ2) is 7.05. The van der Waals surface area contributed by atoms with Crippen molar-refractivity contribution >= 4 is 28.9 Å². The lowest BCUT2D eigenvalue weighted by atomic mass is 10.1. The van der Waals surface area contributed by atoms with E-state index in [4.69, 9.17) is 9.47 Å². The third-order valence-corrected chi connectivity index (χ3v) is 3.78. The quantitative estimate of drug-likeness (QED) is 0.446. The summed E-state index contributed by atoms with van der Waals surface area (Å²) in [7, 11) is 1.33. The van der Waals surface area contributed by atoms with Crippen LogP contribution in [0.1, 0.15) is 21.6 Å². The number of fused-ring (bicyclic) bond motifs is 1. The van der Waals surface area contributed by atoms with Crippen molar-refractivity contribution in [3.8, 4) is 5.75 Å². The van der Waals surface area contributed by atoms with Gasteiger partial charge in [0.15, 0.2) is 0 Å². The third kappa shape index (κ3) is 3.61. The van der Waals surface area contributed by atoms with Crippen LogP contribution in [0, 0.1) is 6.92 Å². The molecule has 1 N–H and O–H groups in total. The number of aromatic nitrogens is 1. The summed E-state index contributed by atoms with van der Waals surface area (Å²) in [5.41, 5.74) is 2.83. The largest absolute Gasteiger partial charge is 0.465 e. The van der Waals surface area contributed by atoms with Gasteiger partial charge in [-0.1, -0.05) is 30.3 Å². The molecule has 2 aromatic carbocycles. The summed E-state index contributed by atoms with van der Waals surface area (Å²) in [6.07, 6.45) is 3.05. The highest BCUT2D eigenvalue weighted by molar-refractivity contribution is 6.06. The molecule has 126 valence electrons. The molecule has 0 unspecified atom stereocenters. The number of hydrogen-bond donors (Lipinski definition) is 1. The molecular formula is C20H17NO4. The molecule has 0 saturated carbocycles. The minimum absolute atomic E-state index is 0.361. The molecule has 0 saturated heterocycles. The Morgan fingerprint density at radius 1 is 1.08 bits per heavy atom. The monoisotopic (exact) mass is 335 g/mol. The zero-order chi connectivity index (χ0) is 17.8. The summed E-state index contributed by atoms with van der Waals surface area (Å²) in [5.74, 6) is -0.564. The zero-order valence-corrected chi connectivity index (χ0v) is 13.9. The van der Waals surface area contributed by atoms with Crippen molar-refractivity contribution in [2.24, 2.45) is 0 Å². The number of nitrogens with one attached hydrogen (secondary N) is 1. The van der Waals surface area contributed by atoms with E-state index < -0.39 is 11.9 Å². The molecule has 0 spiro atoms. The molecule has 0 amide bonds. The first-order valence-electron chi connectivity index (χ1n) is 7.74. The lowest BCUT2D eigenvalue weighted by Crippen LogP contribution is -2.04. The molecule has 1 aromatic heterocycles. The Morgan fingerprint density at radius 3 is 2.56 bits per heavy atom. The van der Waals surface area contributed by atoms with Crippen molar-refractivity contribution < 1.29 is 19.1 Å². The van der Waals surface area contributed by atoms with Gasteiger partial charge in [0.1, 0.15) is 5.75 Å². The molecule has 0 atom stereocenters. The molecule has 5 nitrogen and oxygen atoms in total. The van der Waals surface area contributed by atoms with Crippen LogP contribution < -0.4 is 4.74 Å².